The van der Waals surface area contributed by atoms with Crippen molar-refractivity contribution in [2.45, 2.75) is 50.0 Å². The van der Waals surface area contributed by atoms with Gasteiger partial charge < -0.3 is 25.7 Å². The Labute approximate surface area is 162 Å². The number of nitrogens with zero attached hydrogens (tertiary/aromatic N) is 1. The maximum absolute atomic E-state index is 12.1. The highest BCUT2D eigenvalue weighted by Crippen LogP contribution is 2.44. The molecule has 3 rings (SSSR count). The highest BCUT2D eigenvalue weighted by atomic mass is 32.2. The summed E-state index contributed by atoms with van der Waals surface area (Å²) in [7, 11) is 3.45. The smallest absolute Gasteiger partial charge is 0.352 e. The molecule has 9 nitrogen and oxygen atoms in total. The van der Waals surface area contributed by atoms with Gasteiger partial charge in [0.2, 0.25) is 12.2 Å². The highest BCUT2D eigenvalue weighted by Gasteiger charge is 2.50. The summed E-state index contributed by atoms with van der Waals surface area (Å²) < 4.78 is 0. The molecule has 3 heterocycles. The van der Waals surface area contributed by atoms with Crippen LogP contribution in [0.1, 0.15) is 20.3 Å². The predicted octanol–water partition coefficient (Wildman–Crippen LogP) is -0.273. The second kappa shape index (κ2) is 7.96. The van der Waals surface area contributed by atoms with Gasteiger partial charge in [0.15, 0.2) is 0 Å². The molecule has 0 aromatic carbocycles. The van der Waals surface area contributed by atoms with E-state index in [2.05, 4.69) is 10.6 Å². The van der Waals surface area contributed by atoms with E-state index >= 15 is 0 Å². The first-order valence-corrected chi connectivity index (χ1v) is 9.94. The molecular formula is C17H27N3O6S. The summed E-state index contributed by atoms with van der Waals surface area (Å²) in [5.74, 6) is -1.51. The molecule has 0 bridgehead atoms. The first kappa shape index (κ1) is 20.4. The molecule has 0 unspecified atom stereocenters. The van der Waals surface area contributed by atoms with Crippen LogP contribution >= 0.6 is 11.8 Å². The Morgan fingerprint density at radius 3 is 2.52 bits per heavy atom. The molecule has 0 aromatic rings. The number of hydrogen-bond donors (Lipinski definition) is 4. The molecule has 4 N–H and O–H groups in total. The van der Waals surface area contributed by atoms with E-state index in [1.807, 2.05) is 6.92 Å². The van der Waals surface area contributed by atoms with E-state index in [0.29, 0.717) is 13.0 Å². The van der Waals surface area contributed by atoms with Gasteiger partial charge >= 0.3 is 5.97 Å². The van der Waals surface area contributed by atoms with E-state index < -0.39 is 18.4 Å². The molecule has 0 saturated carbocycles. The van der Waals surface area contributed by atoms with Crippen LogP contribution in [0.4, 0.5) is 0 Å². The van der Waals surface area contributed by atoms with Gasteiger partial charge in [0.1, 0.15) is 5.70 Å². The van der Waals surface area contributed by atoms with Crippen LogP contribution in [0.5, 0.6) is 0 Å². The minimum absolute atomic E-state index is 0.0261. The number of aliphatic hydroxyl groups is 1. The minimum Gasteiger partial charge on any atom is -0.477 e. The van der Waals surface area contributed by atoms with Crippen molar-refractivity contribution in [3.05, 3.63) is 10.6 Å². The van der Waals surface area contributed by atoms with Gasteiger partial charge in [-0.2, -0.15) is 9.78 Å². The standard InChI is InChI=1S/C17H27N3O6S/c1-7-12(11(8(2)21)17-25-26-17)19-13(16(23)24)14(7)27-9-5-10(18-6-9)15(22)20(3)4/h7-12,17-19,21H,5-6H2,1-4H3,(H,23,24)/t7-,8-,9+,10+,11-,12-/m1/s1. The zero-order valence-electron chi connectivity index (χ0n) is 15.8. The number of carboxylic acid groups (broad SMARTS) is 1. The molecule has 152 valence electrons. The number of thioether (sulfide) groups is 1. The van der Waals surface area contributed by atoms with Crippen LogP contribution in [0.15, 0.2) is 10.6 Å². The average Bonchev–Trinajstić information content (AvgIpc) is 3.22. The maximum atomic E-state index is 12.1. The third-order valence-corrected chi connectivity index (χ3v) is 6.86. The lowest BCUT2D eigenvalue weighted by Gasteiger charge is -2.28. The Hall–Kier alpha value is -1.33. The van der Waals surface area contributed by atoms with Crippen molar-refractivity contribution in [3.8, 4) is 0 Å². The summed E-state index contributed by atoms with van der Waals surface area (Å²) >= 11 is 1.50. The second-order valence-corrected chi connectivity index (χ2v) is 8.89. The first-order valence-electron chi connectivity index (χ1n) is 9.06. The molecule has 6 atom stereocenters. The van der Waals surface area contributed by atoms with Crippen molar-refractivity contribution >= 4 is 23.6 Å². The Morgan fingerprint density at radius 1 is 1.33 bits per heavy atom. The van der Waals surface area contributed by atoms with Crippen LogP contribution in [0.2, 0.25) is 0 Å². The summed E-state index contributed by atoms with van der Waals surface area (Å²) in [5.41, 5.74) is 0.159. The van der Waals surface area contributed by atoms with Crippen LogP contribution in [-0.4, -0.2) is 77.4 Å². The molecule has 0 spiro atoms. The van der Waals surface area contributed by atoms with Gasteiger partial charge in [-0.15, -0.1) is 11.8 Å². The number of carbonyl (C=O) groups is 2. The van der Waals surface area contributed by atoms with Crippen LogP contribution in [-0.2, 0) is 19.4 Å². The molecular weight excluding hydrogens is 374 g/mol. The predicted molar refractivity (Wildman–Crippen MR) is 98.4 cm³/mol. The van der Waals surface area contributed by atoms with Crippen molar-refractivity contribution in [2.24, 2.45) is 11.8 Å². The normalized spacial score (nSPS) is 32.9. The van der Waals surface area contributed by atoms with Crippen LogP contribution < -0.4 is 10.6 Å². The molecule has 0 aliphatic carbocycles. The average molecular weight is 401 g/mol. The molecule has 10 heteroatoms. The Morgan fingerprint density at radius 2 is 2.00 bits per heavy atom. The van der Waals surface area contributed by atoms with Crippen molar-refractivity contribution < 1.29 is 29.6 Å². The number of likely N-dealkylation sites (N-methyl/N-ethyl adjacent to an activating group) is 1. The third kappa shape index (κ3) is 4.24. The van der Waals surface area contributed by atoms with E-state index in [-0.39, 0.29) is 40.8 Å². The van der Waals surface area contributed by atoms with E-state index in [1.165, 1.54) is 11.8 Å². The number of rotatable bonds is 7. The van der Waals surface area contributed by atoms with Gasteiger partial charge in [-0.3, -0.25) is 4.79 Å². The molecule has 2 fully saturated rings. The van der Waals surface area contributed by atoms with Crippen molar-refractivity contribution in [3.63, 3.8) is 0 Å². The monoisotopic (exact) mass is 401 g/mol. The lowest BCUT2D eigenvalue weighted by molar-refractivity contribution is -0.133. The molecule has 1 amide bonds. The fraction of sp³-hybridized carbons (Fsp3) is 0.765. The Balaban J connectivity index is 1.72. The largest absolute Gasteiger partial charge is 0.477 e. The zero-order valence-corrected chi connectivity index (χ0v) is 16.7. The SMILES string of the molecule is C[C@@H](O)[C@@H](C1OO1)[C@@H]1NC(C(=O)O)=C(S[C@@H]2CN[C@H](C(=O)N(C)C)C2)[C@@H]1C. The number of aliphatic hydroxyl groups excluding tert-OH is 1. The van der Waals surface area contributed by atoms with Crippen LogP contribution in [0.3, 0.4) is 0 Å². The number of carbonyl (C=O) groups excluding carboxylic acids is 1. The quantitative estimate of drug-likeness (QED) is 0.337. The Bertz CT molecular complexity index is 634. The second-order valence-electron chi connectivity index (χ2n) is 7.55. The van der Waals surface area contributed by atoms with Gasteiger partial charge in [-0.05, 0) is 13.3 Å². The summed E-state index contributed by atoms with van der Waals surface area (Å²) in [6, 6.07) is -0.551. The number of hydrogen-bond acceptors (Lipinski definition) is 8. The molecule has 2 saturated heterocycles. The van der Waals surface area contributed by atoms with E-state index in [4.69, 9.17) is 9.78 Å². The molecule has 0 aromatic heterocycles. The van der Waals surface area contributed by atoms with Crippen LogP contribution in [0, 0.1) is 11.8 Å². The van der Waals surface area contributed by atoms with Gasteiger partial charge in [0, 0.05) is 42.8 Å². The summed E-state index contributed by atoms with van der Waals surface area (Å²) in [4.78, 5) is 36.0. The van der Waals surface area contributed by atoms with Crippen molar-refractivity contribution in [1.82, 2.24) is 15.5 Å². The lowest BCUT2D eigenvalue weighted by Crippen LogP contribution is -2.44. The highest BCUT2D eigenvalue weighted by molar-refractivity contribution is 8.03. The maximum Gasteiger partial charge on any atom is 0.352 e. The fourth-order valence-corrected chi connectivity index (χ4v) is 5.30. The zero-order chi connectivity index (χ0) is 19.9. The lowest BCUT2D eigenvalue weighted by atomic mass is 9.87. The van der Waals surface area contributed by atoms with Gasteiger partial charge in [0.05, 0.1) is 18.1 Å². The van der Waals surface area contributed by atoms with Crippen molar-refractivity contribution in [2.75, 3.05) is 20.6 Å². The number of carboxylic acids is 1. The van der Waals surface area contributed by atoms with E-state index in [1.54, 1.807) is 25.9 Å². The number of aliphatic carboxylic acids is 1. The third-order valence-electron chi connectivity index (χ3n) is 5.34. The summed E-state index contributed by atoms with van der Waals surface area (Å²) in [5, 5.41) is 26.1. The van der Waals surface area contributed by atoms with Gasteiger partial charge in [-0.25, -0.2) is 4.79 Å². The molecule has 3 aliphatic heterocycles. The number of nitrogens with one attached hydrogen (secondary N) is 2. The minimum atomic E-state index is -1.03. The molecule has 3 aliphatic rings. The number of amides is 1. The van der Waals surface area contributed by atoms with Gasteiger partial charge in [-0.1, -0.05) is 6.92 Å². The topological polar surface area (TPSA) is 127 Å². The van der Waals surface area contributed by atoms with Gasteiger partial charge in [0.25, 0.3) is 0 Å². The first-order chi connectivity index (χ1) is 12.7. The fourth-order valence-electron chi connectivity index (χ4n) is 3.85. The van der Waals surface area contributed by atoms with Crippen molar-refractivity contribution in [1.29, 1.82) is 0 Å². The summed E-state index contributed by atoms with van der Waals surface area (Å²) in [6.45, 7) is 4.23. The summed E-state index contributed by atoms with van der Waals surface area (Å²) in [6.07, 6.45) is -0.601. The van der Waals surface area contributed by atoms with E-state index in [9.17, 15) is 19.8 Å². The van der Waals surface area contributed by atoms with Crippen LogP contribution in [0.25, 0.3) is 0 Å². The molecule has 0 radical (unpaired) electrons. The van der Waals surface area contributed by atoms with E-state index in [0.717, 1.165) is 4.91 Å². The Kier molecular flexibility index (Phi) is 6.02. The molecule has 27 heavy (non-hydrogen) atoms.